The molecule has 0 radical (unpaired) electrons. The molecule has 0 bridgehead atoms. The second-order valence-corrected chi connectivity index (χ2v) is 13.6. The second-order valence-electron chi connectivity index (χ2n) is 12.6. The third-order valence-electron chi connectivity index (χ3n) is 9.79. The number of para-hydroxylation sites is 1. The molecule has 0 saturated carbocycles. The van der Waals surface area contributed by atoms with Crippen molar-refractivity contribution in [3.63, 3.8) is 0 Å². The van der Waals surface area contributed by atoms with Crippen LogP contribution < -0.4 is 10.6 Å². The van der Waals surface area contributed by atoms with E-state index >= 15 is 0 Å². The first-order valence-corrected chi connectivity index (χ1v) is 17.4. The van der Waals surface area contributed by atoms with Gasteiger partial charge in [0.25, 0.3) is 0 Å². The molecule has 10 rings (SSSR count). The summed E-state index contributed by atoms with van der Waals surface area (Å²) in [6, 6.07) is 43.2. The van der Waals surface area contributed by atoms with Gasteiger partial charge in [-0.15, -0.1) is 11.3 Å². The first-order valence-electron chi connectivity index (χ1n) is 16.6. The summed E-state index contributed by atoms with van der Waals surface area (Å²) in [5.74, 6) is 0.909. The van der Waals surface area contributed by atoms with Crippen molar-refractivity contribution in [1.29, 1.82) is 0 Å². The Balaban J connectivity index is 1.14. The number of hydrogen-bond donors (Lipinski definition) is 2. The van der Waals surface area contributed by atoms with Crippen molar-refractivity contribution < 1.29 is 4.42 Å². The summed E-state index contributed by atoms with van der Waals surface area (Å²) in [6.07, 6.45) is 8.67. The number of nitrogens with one attached hydrogen (secondary N) is 2. The van der Waals surface area contributed by atoms with E-state index in [4.69, 9.17) is 9.41 Å². The Morgan fingerprint density at radius 3 is 2.31 bits per heavy atom. The monoisotopic (exact) mass is 637 g/mol. The summed E-state index contributed by atoms with van der Waals surface area (Å²) >= 11 is 1.87. The molecule has 2 atom stereocenters. The van der Waals surface area contributed by atoms with Gasteiger partial charge < -0.3 is 9.73 Å². The van der Waals surface area contributed by atoms with Gasteiger partial charge >= 0.3 is 0 Å². The maximum atomic E-state index is 6.67. The minimum atomic E-state index is -0.134. The smallest absolute Gasteiger partial charge is 0.143 e. The first-order chi connectivity index (χ1) is 23.8. The molecule has 0 saturated heterocycles. The van der Waals surface area contributed by atoms with Crippen LogP contribution in [0.15, 0.2) is 155 Å². The Morgan fingerprint density at radius 1 is 0.667 bits per heavy atom. The van der Waals surface area contributed by atoms with Crippen molar-refractivity contribution in [3.05, 3.63) is 156 Å². The van der Waals surface area contributed by atoms with E-state index in [1.54, 1.807) is 0 Å². The van der Waals surface area contributed by atoms with Crippen LogP contribution in [0.4, 0.5) is 0 Å². The number of thiophene rings is 1. The number of fused-ring (bicyclic) bond motifs is 8. The Morgan fingerprint density at radius 2 is 1.44 bits per heavy atom. The van der Waals surface area contributed by atoms with E-state index in [1.165, 1.54) is 53.0 Å². The molecule has 8 aromatic rings. The number of rotatable bonds is 4. The molecular formula is C43H31N3OS. The molecule has 4 nitrogen and oxygen atoms in total. The molecule has 1 aliphatic carbocycles. The van der Waals surface area contributed by atoms with Gasteiger partial charge in [-0.05, 0) is 35.3 Å². The Kier molecular flexibility index (Phi) is 6.36. The average Bonchev–Trinajstić information content (AvgIpc) is 3.74. The molecule has 48 heavy (non-hydrogen) atoms. The van der Waals surface area contributed by atoms with Gasteiger partial charge in [-0.3, -0.25) is 5.32 Å². The highest BCUT2D eigenvalue weighted by Gasteiger charge is 2.28. The summed E-state index contributed by atoms with van der Waals surface area (Å²) in [4.78, 5) is 5.16. The minimum absolute atomic E-state index is 0.119. The molecule has 230 valence electrons. The molecule has 2 unspecified atom stereocenters. The molecule has 2 N–H and O–H groups in total. The summed E-state index contributed by atoms with van der Waals surface area (Å²) in [5.41, 5.74) is 7.71. The predicted octanol–water partition coefficient (Wildman–Crippen LogP) is 11.0. The molecular weight excluding hydrogens is 607 g/mol. The molecule has 5 heteroatoms. The van der Waals surface area contributed by atoms with Crippen LogP contribution in [0, 0.1) is 0 Å². The fourth-order valence-electron chi connectivity index (χ4n) is 7.53. The zero-order valence-corrected chi connectivity index (χ0v) is 26.9. The molecule has 3 heterocycles. The quantitative estimate of drug-likeness (QED) is 0.202. The standard InChI is InChI=1S/C43H31N3OS/c1-3-13-27(14-4-1)41-44-42(28-15-5-2-6-16-28)46-43(45-41)35-23-11-21-33-32-20-10-19-31(39(32)48-40(33)35)30-18-9-22-34-37-29-17-8-7-12-26(29)24-25-36(37)47-38(30)34/h1,3-5,7-25,42-43,46H,2,6H2,(H,44,45). The van der Waals surface area contributed by atoms with Crippen molar-refractivity contribution in [1.82, 2.24) is 10.6 Å². The predicted molar refractivity (Wildman–Crippen MR) is 202 cm³/mol. The summed E-state index contributed by atoms with van der Waals surface area (Å²) < 4.78 is 9.21. The fraction of sp³-hybridized carbons (Fsp3) is 0.0930. The van der Waals surface area contributed by atoms with Gasteiger partial charge in [0.15, 0.2) is 0 Å². The summed E-state index contributed by atoms with van der Waals surface area (Å²) in [5, 5.41) is 14.9. The fourth-order valence-corrected chi connectivity index (χ4v) is 8.90. The number of furan rings is 1. The highest BCUT2D eigenvalue weighted by molar-refractivity contribution is 7.26. The summed E-state index contributed by atoms with van der Waals surface area (Å²) in [7, 11) is 0. The van der Waals surface area contributed by atoms with Crippen molar-refractivity contribution in [2.24, 2.45) is 4.99 Å². The highest BCUT2D eigenvalue weighted by atomic mass is 32.1. The summed E-state index contributed by atoms with van der Waals surface area (Å²) in [6.45, 7) is 0. The lowest BCUT2D eigenvalue weighted by molar-refractivity contribution is 0.436. The normalized spacial score (nSPS) is 18.1. The number of allylic oxidation sites excluding steroid dienone is 2. The molecule has 1 aliphatic heterocycles. The van der Waals surface area contributed by atoms with Crippen LogP contribution in [0.25, 0.3) is 64.0 Å². The van der Waals surface area contributed by atoms with Gasteiger partial charge in [0.05, 0.1) is 0 Å². The molecule has 2 aromatic heterocycles. The van der Waals surface area contributed by atoms with E-state index in [2.05, 4.69) is 150 Å². The van der Waals surface area contributed by atoms with Gasteiger partial charge in [0.2, 0.25) is 0 Å². The molecule has 6 aromatic carbocycles. The van der Waals surface area contributed by atoms with E-state index in [-0.39, 0.29) is 12.3 Å². The molecule has 2 aliphatic rings. The lowest BCUT2D eigenvalue weighted by Gasteiger charge is -2.33. The van der Waals surface area contributed by atoms with Crippen LogP contribution in [0.3, 0.4) is 0 Å². The van der Waals surface area contributed by atoms with E-state index < -0.39 is 0 Å². The van der Waals surface area contributed by atoms with Gasteiger partial charge in [0.1, 0.15) is 29.3 Å². The number of benzene rings is 6. The van der Waals surface area contributed by atoms with E-state index in [9.17, 15) is 0 Å². The number of hydrogen-bond acceptors (Lipinski definition) is 5. The molecule has 0 spiro atoms. The van der Waals surface area contributed by atoms with Gasteiger partial charge in [-0.25, -0.2) is 4.99 Å². The lowest BCUT2D eigenvalue weighted by Crippen LogP contribution is -2.49. The Hall–Kier alpha value is -5.49. The van der Waals surface area contributed by atoms with Crippen molar-refractivity contribution in [2.45, 2.75) is 25.2 Å². The largest absolute Gasteiger partial charge is 0.455 e. The van der Waals surface area contributed by atoms with E-state index in [1.807, 2.05) is 11.3 Å². The number of amidine groups is 1. The van der Waals surface area contributed by atoms with Crippen LogP contribution in [0.1, 0.15) is 30.1 Å². The minimum Gasteiger partial charge on any atom is -0.455 e. The van der Waals surface area contributed by atoms with Crippen LogP contribution in [0.5, 0.6) is 0 Å². The van der Waals surface area contributed by atoms with Gasteiger partial charge in [-0.2, -0.15) is 0 Å². The van der Waals surface area contributed by atoms with Crippen LogP contribution in [0.2, 0.25) is 0 Å². The molecule has 0 amide bonds. The van der Waals surface area contributed by atoms with Crippen LogP contribution in [-0.4, -0.2) is 12.0 Å². The van der Waals surface area contributed by atoms with Crippen molar-refractivity contribution >= 4 is 70.1 Å². The highest BCUT2D eigenvalue weighted by Crippen LogP contribution is 2.45. The van der Waals surface area contributed by atoms with Crippen molar-refractivity contribution in [3.8, 4) is 11.1 Å². The lowest BCUT2D eigenvalue weighted by atomic mass is 9.98. The van der Waals surface area contributed by atoms with Crippen LogP contribution in [-0.2, 0) is 0 Å². The average molecular weight is 638 g/mol. The van der Waals surface area contributed by atoms with Crippen molar-refractivity contribution in [2.75, 3.05) is 0 Å². The van der Waals surface area contributed by atoms with E-state index in [0.717, 1.165) is 46.4 Å². The van der Waals surface area contributed by atoms with Gasteiger partial charge in [-0.1, -0.05) is 133 Å². The maximum absolute atomic E-state index is 6.67. The van der Waals surface area contributed by atoms with Crippen LogP contribution >= 0.6 is 11.3 Å². The second kappa shape index (κ2) is 11.1. The SMILES string of the molecule is C1=CC(C2N=C(c3ccccc3)NC(c3cccc4c3sc3c(-c5cccc6c5oc5ccc7ccccc7c56)cccc34)N2)=CCC1. The number of nitrogens with zero attached hydrogens (tertiary/aromatic N) is 1. The van der Waals surface area contributed by atoms with Gasteiger partial charge in [0, 0.05) is 53.2 Å². The zero-order valence-electron chi connectivity index (χ0n) is 26.1. The van der Waals surface area contributed by atoms with E-state index in [0.29, 0.717) is 0 Å². The Labute approximate surface area is 281 Å². The third kappa shape index (κ3) is 4.35. The topological polar surface area (TPSA) is 49.6 Å². The third-order valence-corrected chi connectivity index (χ3v) is 11.1. The first kappa shape index (κ1) is 27.6. The molecule has 0 fully saturated rings. The Bertz CT molecular complexity index is 2640. The zero-order chi connectivity index (χ0) is 31.6. The number of aliphatic imine (C=N–C) groups is 1. The maximum Gasteiger partial charge on any atom is 0.143 e.